The van der Waals surface area contributed by atoms with Crippen LogP contribution in [0.2, 0.25) is 0 Å². The first kappa shape index (κ1) is 23.9. The third-order valence-electron chi connectivity index (χ3n) is 5.52. The second-order valence-electron chi connectivity index (χ2n) is 8.00. The number of nitrogens with one attached hydrogen (secondary N) is 1. The molecule has 0 radical (unpaired) electrons. The fourth-order valence-corrected chi connectivity index (χ4v) is 5.74. The molecule has 0 bridgehead atoms. The largest absolute Gasteiger partial charge is 0.284 e. The van der Waals surface area contributed by atoms with E-state index in [2.05, 4.69) is 9.82 Å². The van der Waals surface area contributed by atoms with Crippen LogP contribution in [0.25, 0.3) is 0 Å². The van der Waals surface area contributed by atoms with E-state index in [9.17, 15) is 21.2 Å². The van der Waals surface area contributed by atoms with Crippen LogP contribution in [0.1, 0.15) is 36.1 Å². The standard InChI is InChI=1S/C24H24FN3O4S2/c1-3-33(29,30)27-21-9-5-6-18(15-21)23-16-24(19-7-4-8-20(25)14-19)28(26-23)34(31,32)22-12-10-17(2)11-13-22/h4-15,24,27H,3,16H2,1-2H3. The van der Waals surface area contributed by atoms with Gasteiger partial charge in [0.25, 0.3) is 10.0 Å². The highest BCUT2D eigenvalue weighted by molar-refractivity contribution is 7.92. The maximum absolute atomic E-state index is 14.0. The van der Waals surface area contributed by atoms with Crippen molar-refractivity contribution >= 4 is 31.4 Å². The van der Waals surface area contributed by atoms with E-state index in [4.69, 9.17) is 0 Å². The molecule has 10 heteroatoms. The van der Waals surface area contributed by atoms with Gasteiger partial charge in [-0.2, -0.15) is 17.9 Å². The van der Waals surface area contributed by atoms with Gasteiger partial charge in [0.1, 0.15) is 5.82 Å². The zero-order valence-corrected chi connectivity index (χ0v) is 20.3. The van der Waals surface area contributed by atoms with Crippen molar-refractivity contribution in [1.29, 1.82) is 0 Å². The quantitative estimate of drug-likeness (QED) is 0.518. The summed E-state index contributed by atoms with van der Waals surface area (Å²) in [7, 11) is -7.52. The number of rotatable bonds is 7. The van der Waals surface area contributed by atoms with Gasteiger partial charge in [-0.3, -0.25) is 4.72 Å². The first-order chi connectivity index (χ1) is 16.1. The lowest BCUT2D eigenvalue weighted by Crippen LogP contribution is -2.27. The Morgan fingerprint density at radius 1 is 1.00 bits per heavy atom. The Hall–Kier alpha value is -3.24. The van der Waals surface area contributed by atoms with Crippen LogP contribution in [0.4, 0.5) is 10.1 Å². The second-order valence-corrected chi connectivity index (χ2v) is 11.8. The molecule has 1 N–H and O–H groups in total. The number of halogens is 1. The third-order valence-corrected chi connectivity index (χ3v) is 8.52. The van der Waals surface area contributed by atoms with Crippen LogP contribution in [0, 0.1) is 12.7 Å². The molecule has 1 heterocycles. The topological polar surface area (TPSA) is 95.9 Å². The van der Waals surface area contributed by atoms with Crippen LogP contribution in [-0.2, 0) is 20.0 Å². The van der Waals surface area contributed by atoms with E-state index in [1.165, 1.54) is 37.3 Å². The molecule has 7 nitrogen and oxygen atoms in total. The summed E-state index contributed by atoms with van der Waals surface area (Å²) in [6, 6.07) is 18.1. The summed E-state index contributed by atoms with van der Waals surface area (Å²) in [5, 5.41) is 4.44. The second kappa shape index (κ2) is 9.19. The lowest BCUT2D eigenvalue weighted by molar-refractivity contribution is 0.370. The molecule has 0 spiro atoms. The van der Waals surface area contributed by atoms with Crippen molar-refractivity contribution in [3.8, 4) is 0 Å². The van der Waals surface area contributed by atoms with Crippen molar-refractivity contribution in [3.63, 3.8) is 0 Å². The van der Waals surface area contributed by atoms with E-state index in [0.717, 1.165) is 9.98 Å². The van der Waals surface area contributed by atoms with Gasteiger partial charge in [0.05, 0.1) is 22.4 Å². The van der Waals surface area contributed by atoms with E-state index in [-0.39, 0.29) is 17.1 Å². The lowest BCUT2D eigenvalue weighted by Gasteiger charge is -2.23. The van der Waals surface area contributed by atoms with Crippen molar-refractivity contribution < 1.29 is 21.2 Å². The highest BCUT2D eigenvalue weighted by atomic mass is 32.2. The summed E-state index contributed by atoms with van der Waals surface area (Å²) in [6.07, 6.45) is 0.193. The number of hydrogen-bond donors (Lipinski definition) is 1. The normalized spacial score (nSPS) is 16.4. The number of hydrogen-bond acceptors (Lipinski definition) is 5. The van der Waals surface area contributed by atoms with Crippen molar-refractivity contribution in [2.24, 2.45) is 5.10 Å². The Morgan fingerprint density at radius 2 is 1.71 bits per heavy atom. The molecule has 0 saturated carbocycles. The van der Waals surface area contributed by atoms with Crippen LogP contribution in [0.15, 0.2) is 82.8 Å². The van der Waals surface area contributed by atoms with Crippen molar-refractivity contribution in [1.82, 2.24) is 4.41 Å². The van der Waals surface area contributed by atoms with Gasteiger partial charge in [-0.25, -0.2) is 12.8 Å². The molecule has 3 aromatic carbocycles. The molecule has 0 aliphatic carbocycles. The van der Waals surface area contributed by atoms with Crippen LogP contribution >= 0.6 is 0 Å². The molecule has 178 valence electrons. The molecule has 3 aromatic rings. The predicted molar refractivity (Wildman–Crippen MR) is 130 cm³/mol. The molecular weight excluding hydrogens is 477 g/mol. The van der Waals surface area contributed by atoms with Crippen molar-refractivity contribution in [2.75, 3.05) is 10.5 Å². The summed E-state index contributed by atoms with van der Waals surface area (Å²) in [5.74, 6) is -0.558. The van der Waals surface area contributed by atoms with Gasteiger partial charge in [-0.1, -0.05) is 42.0 Å². The van der Waals surface area contributed by atoms with E-state index in [1.54, 1.807) is 42.5 Å². The van der Waals surface area contributed by atoms with Gasteiger partial charge >= 0.3 is 0 Å². The molecular formula is C24H24FN3O4S2. The maximum atomic E-state index is 14.0. The summed E-state index contributed by atoms with van der Waals surface area (Å²) in [6.45, 7) is 3.39. The van der Waals surface area contributed by atoms with Gasteiger partial charge in [0.2, 0.25) is 10.0 Å². The molecule has 34 heavy (non-hydrogen) atoms. The minimum Gasteiger partial charge on any atom is -0.284 e. The van der Waals surface area contributed by atoms with Gasteiger partial charge in [-0.15, -0.1) is 0 Å². The zero-order chi connectivity index (χ0) is 24.5. The molecule has 0 amide bonds. The van der Waals surface area contributed by atoms with E-state index >= 15 is 0 Å². The van der Waals surface area contributed by atoms with Crippen LogP contribution < -0.4 is 4.72 Å². The van der Waals surface area contributed by atoms with Gasteiger partial charge in [-0.05, 0) is 61.4 Å². The molecule has 0 saturated heterocycles. The molecule has 1 aliphatic heterocycles. The Morgan fingerprint density at radius 3 is 2.38 bits per heavy atom. The Kier molecular flexibility index (Phi) is 6.46. The summed E-state index contributed by atoms with van der Waals surface area (Å²) < 4.78 is 68.5. The third kappa shape index (κ3) is 4.97. The van der Waals surface area contributed by atoms with Crippen molar-refractivity contribution in [2.45, 2.75) is 31.2 Å². The minimum absolute atomic E-state index is 0.0777. The predicted octanol–water partition coefficient (Wildman–Crippen LogP) is 4.44. The Balaban J connectivity index is 1.77. The molecule has 0 fully saturated rings. The molecule has 4 rings (SSSR count). The smallest absolute Gasteiger partial charge is 0.279 e. The van der Waals surface area contributed by atoms with Crippen LogP contribution in [0.3, 0.4) is 0 Å². The highest BCUT2D eigenvalue weighted by Crippen LogP contribution is 2.37. The Bertz CT molecular complexity index is 1450. The number of benzene rings is 3. The highest BCUT2D eigenvalue weighted by Gasteiger charge is 2.38. The van der Waals surface area contributed by atoms with E-state index in [0.29, 0.717) is 22.5 Å². The SMILES string of the molecule is CCS(=O)(=O)Nc1cccc(C2=NN(S(=O)(=O)c3ccc(C)cc3)C(c3cccc(F)c3)C2)c1. The molecule has 0 aromatic heterocycles. The molecule has 1 aliphatic rings. The average Bonchev–Trinajstić information content (AvgIpc) is 3.26. The number of sulfonamides is 2. The molecule has 1 atom stereocenters. The summed E-state index contributed by atoms with van der Waals surface area (Å²) in [5.41, 5.74) is 2.75. The number of aryl methyl sites for hydroxylation is 1. The summed E-state index contributed by atoms with van der Waals surface area (Å²) >= 11 is 0. The van der Waals surface area contributed by atoms with Crippen molar-refractivity contribution in [3.05, 3.63) is 95.3 Å². The molecule has 1 unspecified atom stereocenters. The first-order valence-corrected chi connectivity index (χ1v) is 13.7. The minimum atomic E-state index is -4.04. The van der Waals surface area contributed by atoms with E-state index < -0.39 is 31.9 Å². The number of hydrazone groups is 1. The van der Waals surface area contributed by atoms with Crippen LogP contribution in [0.5, 0.6) is 0 Å². The zero-order valence-electron chi connectivity index (χ0n) is 18.6. The van der Waals surface area contributed by atoms with Gasteiger partial charge in [0.15, 0.2) is 0 Å². The maximum Gasteiger partial charge on any atom is 0.279 e. The first-order valence-electron chi connectivity index (χ1n) is 10.6. The average molecular weight is 502 g/mol. The van der Waals surface area contributed by atoms with Gasteiger partial charge < -0.3 is 0 Å². The Labute approximate surface area is 199 Å². The van der Waals surface area contributed by atoms with E-state index in [1.807, 2.05) is 6.92 Å². The number of nitrogens with zero attached hydrogens (tertiary/aromatic N) is 2. The summed E-state index contributed by atoms with van der Waals surface area (Å²) in [4.78, 5) is 0.0777. The monoisotopic (exact) mass is 501 g/mol. The fourth-order valence-electron chi connectivity index (χ4n) is 3.68. The van der Waals surface area contributed by atoms with Gasteiger partial charge in [0, 0.05) is 12.1 Å². The lowest BCUT2D eigenvalue weighted by atomic mass is 9.99. The number of anilines is 1. The fraction of sp³-hybridized carbons (Fsp3) is 0.208. The van der Waals surface area contributed by atoms with Crippen LogP contribution in [-0.4, -0.2) is 32.7 Å².